The second-order valence-electron chi connectivity index (χ2n) is 5.06. The Morgan fingerprint density at radius 1 is 1.57 bits per heavy atom. The van der Waals surface area contributed by atoms with Crippen molar-refractivity contribution in [2.75, 3.05) is 30.8 Å². The van der Waals surface area contributed by atoms with Crippen molar-refractivity contribution in [1.29, 1.82) is 0 Å². The predicted molar refractivity (Wildman–Crippen MR) is 85.9 cm³/mol. The van der Waals surface area contributed by atoms with Gasteiger partial charge >= 0.3 is 0 Å². The molecule has 1 saturated carbocycles. The summed E-state index contributed by atoms with van der Waals surface area (Å²) in [6.07, 6.45) is 4.51. The highest BCUT2D eigenvalue weighted by Crippen LogP contribution is 2.24. The van der Waals surface area contributed by atoms with E-state index in [4.69, 9.17) is 5.11 Å². The number of rotatable bonds is 9. The summed E-state index contributed by atoms with van der Waals surface area (Å²) < 4.78 is 4.21. The van der Waals surface area contributed by atoms with Crippen molar-refractivity contribution in [3.63, 3.8) is 0 Å². The molecule has 0 aliphatic heterocycles. The van der Waals surface area contributed by atoms with Gasteiger partial charge < -0.3 is 5.11 Å². The standard InChI is InChI=1S/C13H22N4O2S2/c1-2-8-20-13-15-12(21-16-13)14-11(19)9-17(6-7-18)10-4-3-5-10/h10,18H,2-9H2,1H3,(H,14,15,16,19). The number of anilines is 1. The van der Waals surface area contributed by atoms with Gasteiger partial charge in [0.25, 0.3) is 0 Å². The molecular weight excluding hydrogens is 308 g/mol. The summed E-state index contributed by atoms with van der Waals surface area (Å²) in [6, 6.07) is 0.438. The maximum absolute atomic E-state index is 12.1. The van der Waals surface area contributed by atoms with Crippen LogP contribution in [-0.2, 0) is 4.79 Å². The third-order valence-electron chi connectivity index (χ3n) is 3.41. The number of amides is 1. The summed E-state index contributed by atoms with van der Waals surface area (Å²) in [5.74, 6) is 0.898. The van der Waals surface area contributed by atoms with Crippen LogP contribution in [0.3, 0.4) is 0 Å². The Kier molecular flexibility index (Phi) is 6.88. The normalized spacial score (nSPS) is 15.2. The molecule has 0 unspecified atom stereocenters. The first-order chi connectivity index (χ1) is 10.2. The minimum absolute atomic E-state index is 0.0837. The number of nitrogens with zero attached hydrogens (tertiary/aromatic N) is 3. The SMILES string of the molecule is CCCSc1nsc(NC(=O)CN(CCO)C2CCC2)n1. The van der Waals surface area contributed by atoms with Gasteiger partial charge in [-0.25, -0.2) is 0 Å². The zero-order valence-corrected chi connectivity index (χ0v) is 13.9. The maximum Gasteiger partial charge on any atom is 0.240 e. The molecule has 1 amide bonds. The van der Waals surface area contributed by atoms with Crippen molar-refractivity contribution in [2.24, 2.45) is 0 Å². The largest absolute Gasteiger partial charge is 0.395 e. The zero-order chi connectivity index (χ0) is 15.1. The van der Waals surface area contributed by atoms with E-state index in [0.717, 1.165) is 30.2 Å². The summed E-state index contributed by atoms with van der Waals surface area (Å²) in [4.78, 5) is 18.4. The van der Waals surface area contributed by atoms with E-state index in [-0.39, 0.29) is 12.5 Å². The van der Waals surface area contributed by atoms with Crippen LogP contribution in [0.2, 0.25) is 0 Å². The molecule has 1 aromatic rings. The van der Waals surface area contributed by atoms with Crippen molar-refractivity contribution < 1.29 is 9.90 Å². The topological polar surface area (TPSA) is 78.4 Å². The van der Waals surface area contributed by atoms with Crippen molar-refractivity contribution in [3.8, 4) is 0 Å². The van der Waals surface area contributed by atoms with Gasteiger partial charge in [-0.3, -0.25) is 15.0 Å². The smallest absolute Gasteiger partial charge is 0.240 e. The van der Waals surface area contributed by atoms with E-state index < -0.39 is 0 Å². The molecular formula is C13H22N4O2S2. The van der Waals surface area contributed by atoms with E-state index >= 15 is 0 Å². The Morgan fingerprint density at radius 2 is 2.38 bits per heavy atom. The summed E-state index contributed by atoms with van der Waals surface area (Å²) in [5.41, 5.74) is 0. The lowest BCUT2D eigenvalue weighted by Crippen LogP contribution is -2.45. The molecule has 2 N–H and O–H groups in total. The fourth-order valence-electron chi connectivity index (χ4n) is 2.13. The van der Waals surface area contributed by atoms with E-state index in [2.05, 4.69) is 21.6 Å². The molecule has 21 heavy (non-hydrogen) atoms. The molecule has 1 aliphatic rings. The first kappa shape index (κ1) is 16.7. The van der Waals surface area contributed by atoms with Crippen LogP contribution in [0.15, 0.2) is 5.16 Å². The Labute approximate surface area is 133 Å². The number of thioether (sulfide) groups is 1. The Bertz CT molecular complexity index is 451. The van der Waals surface area contributed by atoms with Crippen LogP contribution >= 0.6 is 23.3 Å². The fourth-order valence-corrected chi connectivity index (χ4v) is 3.54. The number of aliphatic hydroxyl groups excluding tert-OH is 1. The fraction of sp³-hybridized carbons (Fsp3) is 0.769. The number of carbonyl (C=O) groups is 1. The van der Waals surface area contributed by atoms with Crippen LogP contribution in [0.4, 0.5) is 5.13 Å². The van der Waals surface area contributed by atoms with Crippen LogP contribution in [0.25, 0.3) is 0 Å². The average molecular weight is 330 g/mol. The minimum atomic E-state index is -0.0847. The number of carbonyl (C=O) groups excluding carboxylic acids is 1. The molecule has 0 atom stereocenters. The van der Waals surface area contributed by atoms with Crippen molar-refractivity contribution in [2.45, 2.75) is 43.8 Å². The minimum Gasteiger partial charge on any atom is -0.395 e. The molecule has 1 fully saturated rings. The molecule has 8 heteroatoms. The molecule has 0 radical (unpaired) electrons. The van der Waals surface area contributed by atoms with Crippen LogP contribution in [0.5, 0.6) is 0 Å². The Hall–Kier alpha value is -0.700. The van der Waals surface area contributed by atoms with E-state index in [0.29, 0.717) is 24.3 Å². The van der Waals surface area contributed by atoms with Crippen LogP contribution in [0.1, 0.15) is 32.6 Å². The van der Waals surface area contributed by atoms with Gasteiger partial charge in [-0.15, -0.1) is 0 Å². The van der Waals surface area contributed by atoms with E-state index in [1.807, 2.05) is 4.90 Å². The summed E-state index contributed by atoms with van der Waals surface area (Å²) in [6.45, 7) is 3.05. The Morgan fingerprint density at radius 3 is 3.00 bits per heavy atom. The highest BCUT2D eigenvalue weighted by molar-refractivity contribution is 7.99. The molecule has 118 valence electrons. The summed E-state index contributed by atoms with van der Waals surface area (Å²) >= 11 is 2.82. The molecule has 1 aliphatic carbocycles. The van der Waals surface area contributed by atoms with Crippen LogP contribution in [-0.4, -0.2) is 56.8 Å². The monoisotopic (exact) mass is 330 g/mol. The number of hydrogen-bond donors (Lipinski definition) is 2. The van der Waals surface area contributed by atoms with E-state index in [9.17, 15) is 4.79 Å². The van der Waals surface area contributed by atoms with Gasteiger partial charge in [0.15, 0.2) is 0 Å². The Balaban J connectivity index is 1.80. The first-order valence-electron chi connectivity index (χ1n) is 7.34. The van der Waals surface area contributed by atoms with Gasteiger partial charge in [-0.05, 0) is 19.3 Å². The van der Waals surface area contributed by atoms with Gasteiger partial charge in [0.2, 0.25) is 16.2 Å². The number of nitrogens with one attached hydrogen (secondary N) is 1. The highest BCUT2D eigenvalue weighted by atomic mass is 32.2. The van der Waals surface area contributed by atoms with Gasteiger partial charge in [-0.1, -0.05) is 25.1 Å². The van der Waals surface area contributed by atoms with Crippen LogP contribution in [0, 0.1) is 0 Å². The molecule has 2 rings (SSSR count). The van der Waals surface area contributed by atoms with Gasteiger partial charge in [0.1, 0.15) is 0 Å². The second-order valence-corrected chi connectivity index (χ2v) is 6.87. The lowest BCUT2D eigenvalue weighted by Gasteiger charge is -2.36. The van der Waals surface area contributed by atoms with E-state index in [1.165, 1.54) is 18.0 Å². The highest BCUT2D eigenvalue weighted by Gasteiger charge is 2.26. The molecule has 0 aromatic carbocycles. The molecule has 0 saturated heterocycles. The second kappa shape index (κ2) is 8.67. The summed E-state index contributed by atoms with van der Waals surface area (Å²) in [5, 5.41) is 13.2. The van der Waals surface area contributed by atoms with Crippen LogP contribution < -0.4 is 5.32 Å². The molecule has 0 bridgehead atoms. The van der Waals surface area contributed by atoms with Gasteiger partial charge in [0.05, 0.1) is 13.2 Å². The molecule has 1 aromatic heterocycles. The molecule has 0 spiro atoms. The molecule has 1 heterocycles. The van der Waals surface area contributed by atoms with Crippen molar-refractivity contribution in [3.05, 3.63) is 0 Å². The predicted octanol–water partition coefficient (Wildman–Crippen LogP) is 1.83. The van der Waals surface area contributed by atoms with Crippen molar-refractivity contribution in [1.82, 2.24) is 14.3 Å². The van der Waals surface area contributed by atoms with Gasteiger partial charge in [-0.2, -0.15) is 9.36 Å². The zero-order valence-electron chi connectivity index (χ0n) is 12.2. The quantitative estimate of drug-likeness (QED) is 0.673. The maximum atomic E-state index is 12.1. The third kappa shape index (κ3) is 5.21. The molecule has 6 nitrogen and oxygen atoms in total. The lowest BCUT2D eigenvalue weighted by molar-refractivity contribution is -0.118. The average Bonchev–Trinajstić information content (AvgIpc) is 2.82. The lowest BCUT2D eigenvalue weighted by atomic mass is 9.91. The van der Waals surface area contributed by atoms with Gasteiger partial charge in [0, 0.05) is 29.9 Å². The summed E-state index contributed by atoms with van der Waals surface area (Å²) in [7, 11) is 0. The first-order valence-corrected chi connectivity index (χ1v) is 9.10. The van der Waals surface area contributed by atoms with Crippen molar-refractivity contribution >= 4 is 34.3 Å². The number of aromatic nitrogens is 2. The number of aliphatic hydroxyl groups is 1. The third-order valence-corrected chi connectivity index (χ3v) is 5.21. The number of hydrogen-bond acceptors (Lipinski definition) is 7. The van der Waals surface area contributed by atoms with E-state index in [1.54, 1.807) is 11.8 Å².